The molecule has 1 aromatic heterocycles. The van der Waals surface area contributed by atoms with Crippen molar-refractivity contribution in [2.24, 2.45) is 0 Å². The van der Waals surface area contributed by atoms with Crippen molar-refractivity contribution in [3.63, 3.8) is 0 Å². The molecule has 0 aliphatic heterocycles. The van der Waals surface area contributed by atoms with Crippen LogP contribution in [0.1, 0.15) is 17.0 Å². The molecule has 1 heterocycles. The number of likely N-dealkylation sites (N-methyl/N-ethyl adjacent to an activating group) is 2. The van der Waals surface area contributed by atoms with E-state index in [9.17, 15) is 4.79 Å². The van der Waals surface area contributed by atoms with Crippen molar-refractivity contribution >= 4 is 18.3 Å². The van der Waals surface area contributed by atoms with Crippen LogP contribution in [-0.2, 0) is 11.2 Å². The zero-order valence-electron chi connectivity index (χ0n) is 14.2. The van der Waals surface area contributed by atoms with Crippen molar-refractivity contribution in [2.45, 2.75) is 20.3 Å². The van der Waals surface area contributed by atoms with Crippen LogP contribution in [0.5, 0.6) is 0 Å². The molecule has 0 atom stereocenters. The molecule has 0 bridgehead atoms. The molecule has 0 saturated carbocycles. The van der Waals surface area contributed by atoms with Gasteiger partial charge in [-0.05, 0) is 33.0 Å². The Hall–Kier alpha value is -1.85. The van der Waals surface area contributed by atoms with Crippen LogP contribution in [0.15, 0.2) is 30.3 Å². The van der Waals surface area contributed by atoms with Crippen molar-refractivity contribution in [1.29, 1.82) is 0 Å². The molecule has 6 heteroatoms. The van der Waals surface area contributed by atoms with E-state index >= 15 is 0 Å². The van der Waals surface area contributed by atoms with E-state index in [1.807, 2.05) is 63.0 Å². The summed E-state index contributed by atoms with van der Waals surface area (Å²) in [5, 5.41) is 7.64. The summed E-state index contributed by atoms with van der Waals surface area (Å²) in [4.78, 5) is 14.1. The number of amides is 1. The van der Waals surface area contributed by atoms with E-state index in [-0.39, 0.29) is 18.3 Å². The minimum atomic E-state index is 0. The molecule has 0 unspecified atom stereocenters. The average Bonchev–Trinajstić information content (AvgIpc) is 2.81. The quantitative estimate of drug-likeness (QED) is 0.879. The normalized spacial score (nSPS) is 10.3. The van der Waals surface area contributed by atoms with Gasteiger partial charge in [0.25, 0.3) is 0 Å². The van der Waals surface area contributed by atoms with Crippen LogP contribution in [0.4, 0.5) is 0 Å². The van der Waals surface area contributed by atoms with Gasteiger partial charge in [0.15, 0.2) is 0 Å². The highest BCUT2D eigenvalue weighted by Crippen LogP contribution is 2.18. The maximum atomic E-state index is 12.3. The zero-order valence-corrected chi connectivity index (χ0v) is 15.0. The Morgan fingerprint density at radius 2 is 1.91 bits per heavy atom. The largest absolute Gasteiger partial charge is 0.344 e. The SMILES string of the molecule is CNCCN(C)C(=O)Cc1c(C)nn(-c2ccccc2)c1C.Cl. The summed E-state index contributed by atoms with van der Waals surface area (Å²) >= 11 is 0. The summed E-state index contributed by atoms with van der Waals surface area (Å²) in [5.41, 5.74) is 3.98. The summed E-state index contributed by atoms with van der Waals surface area (Å²) in [6, 6.07) is 9.99. The van der Waals surface area contributed by atoms with Crippen molar-refractivity contribution in [3.05, 3.63) is 47.3 Å². The molecular weight excluding hydrogens is 312 g/mol. The van der Waals surface area contributed by atoms with Gasteiger partial charge in [0, 0.05) is 31.4 Å². The van der Waals surface area contributed by atoms with E-state index in [2.05, 4.69) is 10.4 Å². The number of nitrogens with zero attached hydrogens (tertiary/aromatic N) is 3. The molecule has 0 aliphatic rings. The number of benzene rings is 1. The predicted molar refractivity (Wildman–Crippen MR) is 95.6 cm³/mol. The first-order chi connectivity index (χ1) is 10.5. The Morgan fingerprint density at radius 3 is 2.52 bits per heavy atom. The van der Waals surface area contributed by atoms with Crippen LogP contribution in [0.3, 0.4) is 0 Å². The minimum absolute atomic E-state index is 0. The molecular formula is C17H25ClN4O. The van der Waals surface area contributed by atoms with Gasteiger partial charge in [-0.15, -0.1) is 12.4 Å². The molecule has 126 valence electrons. The van der Waals surface area contributed by atoms with Crippen molar-refractivity contribution < 1.29 is 4.79 Å². The van der Waals surface area contributed by atoms with E-state index in [0.29, 0.717) is 13.0 Å². The van der Waals surface area contributed by atoms with Crippen LogP contribution in [0.2, 0.25) is 0 Å². The topological polar surface area (TPSA) is 50.2 Å². The van der Waals surface area contributed by atoms with Crippen LogP contribution in [-0.4, -0.2) is 47.8 Å². The molecule has 1 N–H and O–H groups in total. The number of nitrogens with one attached hydrogen (secondary N) is 1. The first-order valence-corrected chi connectivity index (χ1v) is 7.53. The fourth-order valence-electron chi connectivity index (χ4n) is 2.44. The Balaban J connectivity index is 0.00000264. The van der Waals surface area contributed by atoms with Gasteiger partial charge in [0.05, 0.1) is 17.8 Å². The van der Waals surface area contributed by atoms with Gasteiger partial charge in [0.2, 0.25) is 5.91 Å². The van der Waals surface area contributed by atoms with Gasteiger partial charge in [-0.1, -0.05) is 18.2 Å². The Kier molecular flexibility index (Phi) is 7.26. The summed E-state index contributed by atoms with van der Waals surface area (Å²) in [6.45, 7) is 5.48. The van der Waals surface area contributed by atoms with Gasteiger partial charge >= 0.3 is 0 Å². The maximum Gasteiger partial charge on any atom is 0.226 e. The standard InChI is InChI=1S/C17H24N4O.ClH/c1-13-16(12-17(22)20(4)11-10-18-3)14(2)21(19-13)15-8-6-5-7-9-15;/h5-9,18H,10-12H2,1-4H3;1H. The number of hydrogen-bond acceptors (Lipinski definition) is 3. The Labute approximate surface area is 144 Å². The number of aryl methyl sites for hydroxylation is 1. The molecule has 0 spiro atoms. The number of carbonyl (C=O) groups is 1. The lowest BCUT2D eigenvalue weighted by Crippen LogP contribution is -2.34. The van der Waals surface area contributed by atoms with Crippen molar-refractivity contribution in [1.82, 2.24) is 20.0 Å². The molecule has 5 nitrogen and oxygen atoms in total. The highest BCUT2D eigenvalue weighted by atomic mass is 35.5. The summed E-state index contributed by atoms with van der Waals surface area (Å²) in [5.74, 6) is 0.120. The summed E-state index contributed by atoms with van der Waals surface area (Å²) < 4.78 is 1.91. The van der Waals surface area contributed by atoms with Crippen molar-refractivity contribution in [3.8, 4) is 5.69 Å². The second-order valence-electron chi connectivity index (χ2n) is 5.49. The lowest BCUT2D eigenvalue weighted by molar-refractivity contribution is -0.129. The molecule has 1 amide bonds. The zero-order chi connectivity index (χ0) is 16.1. The fraction of sp³-hybridized carbons (Fsp3) is 0.412. The molecule has 0 fully saturated rings. The highest BCUT2D eigenvalue weighted by Gasteiger charge is 2.17. The molecule has 0 aliphatic carbocycles. The molecule has 23 heavy (non-hydrogen) atoms. The van der Waals surface area contributed by atoms with Crippen LogP contribution in [0.25, 0.3) is 5.69 Å². The van der Waals surface area contributed by atoms with Crippen LogP contribution < -0.4 is 5.32 Å². The van der Waals surface area contributed by atoms with Gasteiger partial charge in [-0.25, -0.2) is 4.68 Å². The van der Waals surface area contributed by atoms with E-state index in [1.54, 1.807) is 4.90 Å². The number of rotatable bonds is 6. The van der Waals surface area contributed by atoms with Gasteiger partial charge in [0.1, 0.15) is 0 Å². The Morgan fingerprint density at radius 1 is 1.26 bits per heavy atom. The first kappa shape index (κ1) is 19.2. The third-order valence-electron chi connectivity index (χ3n) is 3.89. The van der Waals surface area contributed by atoms with Crippen LogP contribution >= 0.6 is 12.4 Å². The average molecular weight is 337 g/mol. The number of carbonyl (C=O) groups excluding carboxylic acids is 1. The molecule has 2 aromatic rings. The first-order valence-electron chi connectivity index (χ1n) is 7.53. The third-order valence-corrected chi connectivity index (χ3v) is 3.89. The maximum absolute atomic E-state index is 12.3. The van der Waals surface area contributed by atoms with Crippen LogP contribution in [0, 0.1) is 13.8 Å². The minimum Gasteiger partial charge on any atom is -0.344 e. The third kappa shape index (κ3) is 4.56. The second-order valence-corrected chi connectivity index (χ2v) is 5.49. The number of aromatic nitrogens is 2. The van der Waals surface area contributed by atoms with Gasteiger partial charge in [-0.3, -0.25) is 4.79 Å². The molecule has 2 rings (SSSR count). The summed E-state index contributed by atoms with van der Waals surface area (Å²) in [7, 11) is 3.72. The van der Waals surface area contributed by atoms with Gasteiger partial charge in [-0.2, -0.15) is 5.10 Å². The number of halogens is 1. The predicted octanol–water partition coefficient (Wildman–Crippen LogP) is 2.13. The van der Waals surface area contributed by atoms with E-state index in [4.69, 9.17) is 0 Å². The monoisotopic (exact) mass is 336 g/mol. The Bertz CT molecular complexity index is 640. The molecule has 0 radical (unpaired) electrons. The smallest absolute Gasteiger partial charge is 0.226 e. The van der Waals surface area contributed by atoms with E-state index in [0.717, 1.165) is 29.2 Å². The summed E-state index contributed by atoms with van der Waals surface area (Å²) in [6.07, 6.45) is 0.394. The lowest BCUT2D eigenvalue weighted by atomic mass is 10.1. The van der Waals surface area contributed by atoms with E-state index in [1.165, 1.54) is 0 Å². The fourth-order valence-corrected chi connectivity index (χ4v) is 2.44. The highest BCUT2D eigenvalue weighted by molar-refractivity contribution is 5.85. The van der Waals surface area contributed by atoms with Crippen molar-refractivity contribution in [2.75, 3.05) is 27.2 Å². The molecule has 0 saturated heterocycles. The number of hydrogen-bond donors (Lipinski definition) is 1. The molecule has 1 aromatic carbocycles. The second kappa shape index (κ2) is 8.70. The van der Waals surface area contributed by atoms with E-state index < -0.39 is 0 Å². The van der Waals surface area contributed by atoms with Gasteiger partial charge < -0.3 is 10.2 Å². The lowest BCUT2D eigenvalue weighted by Gasteiger charge is -2.17. The number of para-hydroxylation sites is 1.